The van der Waals surface area contributed by atoms with Gasteiger partial charge in [0.1, 0.15) is 12.1 Å². The van der Waals surface area contributed by atoms with Crippen LogP contribution < -0.4 is 5.32 Å². The Hall–Kier alpha value is -2.21. The molecule has 3 aromatic rings. The van der Waals surface area contributed by atoms with Crippen molar-refractivity contribution in [3.8, 4) is 0 Å². The van der Waals surface area contributed by atoms with E-state index in [4.69, 9.17) is 0 Å². The first kappa shape index (κ1) is 13.8. The first-order valence-electron chi connectivity index (χ1n) is 6.48. The Labute approximate surface area is 130 Å². The van der Waals surface area contributed by atoms with Crippen LogP contribution in [0.15, 0.2) is 46.9 Å². The number of nitrogens with zero attached hydrogens (tertiary/aromatic N) is 3. The van der Waals surface area contributed by atoms with Gasteiger partial charge in [-0.25, -0.2) is 4.68 Å². The number of hydrogen-bond donors (Lipinski definition) is 1. The van der Waals surface area contributed by atoms with E-state index in [0.717, 1.165) is 26.8 Å². The van der Waals surface area contributed by atoms with Gasteiger partial charge in [0, 0.05) is 4.47 Å². The Balaban J connectivity index is 1.77. The minimum atomic E-state index is -0.143. The molecule has 0 bridgehead atoms. The molecule has 6 heteroatoms. The smallest absolute Gasteiger partial charge is 0.246 e. The van der Waals surface area contributed by atoms with E-state index in [0.29, 0.717) is 0 Å². The lowest BCUT2D eigenvalue weighted by Gasteiger charge is -2.08. The second-order valence-corrected chi connectivity index (χ2v) is 5.62. The minimum Gasteiger partial charge on any atom is -0.323 e. The quantitative estimate of drug-likeness (QED) is 0.793. The van der Waals surface area contributed by atoms with Gasteiger partial charge in [-0.2, -0.15) is 0 Å². The molecule has 0 atom stereocenters. The van der Waals surface area contributed by atoms with Crippen molar-refractivity contribution in [3.05, 3.63) is 52.5 Å². The van der Waals surface area contributed by atoms with E-state index in [9.17, 15) is 4.79 Å². The number of aryl methyl sites for hydroxylation is 1. The monoisotopic (exact) mass is 344 g/mol. The van der Waals surface area contributed by atoms with Crippen molar-refractivity contribution in [1.29, 1.82) is 0 Å². The number of carbonyl (C=O) groups is 1. The van der Waals surface area contributed by atoms with E-state index >= 15 is 0 Å². The highest BCUT2D eigenvalue weighted by molar-refractivity contribution is 9.10. The third kappa shape index (κ3) is 2.95. The number of carbonyl (C=O) groups excluding carboxylic acids is 1. The highest BCUT2D eigenvalue weighted by atomic mass is 79.9. The van der Waals surface area contributed by atoms with E-state index in [1.54, 1.807) is 4.68 Å². The van der Waals surface area contributed by atoms with Crippen LogP contribution in [0.3, 0.4) is 0 Å². The summed E-state index contributed by atoms with van der Waals surface area (Å²) < 4.78 is 2.45. The molecule has 21 heavy (non-hydrogen) atoms. The maximum Gasteiger partial charge on any atom is 0.246 e. The number of anilines is 1. The van der Waals surface area contributed by atoms with Crippen molar-refractivity contribution in [3.63, 3.8) is 0 Å². The number of amides is 1. The molecule has 0 aliphatic heterocycles. The van der Waals surface area contributed by atoms with Crippen LogP contribution in [0.5, 0.6) is 0 Å². The number of rotatable bonds is 3. The lowest BCUT2D eigenvalue weighted by Crippen LogP contribution is -2.19. The van der Waals surface area contributed by atoms with E-state index in [1.807, 2.05) is 49.4 Å². The molecule has 1 N–H and O–H groups in total. The molecule has 0 aliphatic carbocycles. The second-order valence-electron chi connectivity index (χ2n) is 4.77. The summed E-state index contributed by atoms with van der Waals surface area (Å²) in [6.07, 6.45) is 0. The molecule has 2 aromatic carbocycles. The molecule has 0 saturated carbocycles. The van der Waals surface area contributed by atoms with Crippen LogP contribution in [-0.2, 0) is 11.3 Å². The van der Waals surface area contributed by atoms with Crippen molar-refractivity contribution < 1.29 is 4.79 Å². The van der Waals surface area contributed by atoms with Crippen molar-refractivity contribution in [2.45, 2.75) is 13.5 Å². The van der Waals surface area contributed by atoms with Crippen LogP contribution in [0.4, 0.5) is 5.69 Å². The Morgan fingerprint density at radius 1 is 1.29 bits per heavy atom. The predicted molar refractivity (Wildman–Crippen MR) is 85.0 cm³/mol. The summed E-state index contributed by atoms with van der Waals surface area (Å²) in [5.74, 6) is -0.143. The molecule has 1 heterocycles. The fourth-order valence-electron chi connectivity index (χ4n) is 2.08. The summed E-state index contributed by atoms with van der Waals surface area (Å²) in [6.45, 7) is 2.12. The Kier molecular flexibility index (Phi) is 3.70. The predicted octanol–water partition coefficient (Wildman–Crippen LogP) is 3.14. The molecule has 5 nitrogen and oxygen atoms in total. The second kappa shape index (κ2) is 5.65. The van der Waals surface area contributed by atoms with Crippen LogP contribution >= 0.6 is 15.9 Å². The Bertz CT molecular complexity index is 812. The van der Waals surface area contributed by atoms with Crippen molar-refractivity contribution in [2.75, 3.05) is 5.32 Å². The molecule has 0 aliphatic rings. The van der Waals surface area contributed by atoms with Gasteiger partial charge in [0.15, 0.2) is 0 Å². The molecule has 3 rings (SSSR count). The van der Waals surface area contributed by atoms with Gasteiger partial charge in [0.25, 0.3) is 0 Å². The molecule has 0 radical (unpaired) electrons. The molecule has 1 aromatic heterocycles. The van der Waals surface area contributed by atoms with Crippen LogP contribution in [0.1, 0.15) is 5.56 Å². The summed E-state index contributed by atoms with van der Waals surface area (Å²) in [5, 5.41) is 10.9. The normalized spacial score (nSPS) is 10.8. The molecule has 106 valence electrons. The topological polar surface area (TPSA) is 59.8 Å². The maximum atomic E-state index is 12.1. The van der Waals surface area contributed by atoms with Gasteiger partial charge in [-0.3, -0.25) is 4.79 Å². The number of hydrogen-bond acceptors (Lipinski definition) is 3. The zero-order valence-electron chi connectivity index (χ0n) is 11.4. The SMILES string of the molecule is Cc1ccc(NC(=O)Cn2nnc3ccccc32)c(Br)c1. The first-order valence-corrected chi connectivity index (χ1v) is 7.27. The number of halogens is 1. The van der Waals surface area contributed by atoms with Crippen molar-refractivity contribution in [1.82, 2.24) is 15.0 Å². The van der Waals surface area contributed by atoms with Gasteiger partial charge in [0.05, 0.1) is 11.2 Å². The molecule has 0 spiro atoms. The van der Waals surface area contributed by atoms with Gasteiger partial charge in [0.2, 0.25) is 5.91 Å². The van der Waals surface area contributed by atoms with Crippen LogP contribution in [0.25, 0.3) is 11.0 Å². The number of nitrogens with one attached hydrogen (secondary N) is 1. The summed E-state index contributed by atoms with van der Waals surface area (Å²) in [6, 6.07) is 13.3. The Morgan fingerprint density at radius 3 is 2.90 bits per heavy atom. The zero-order chi connectivity index (χ0) is 14.8. The van der Waals surface area contributed by atoms with Gasteiger partial charge in [-0.05, 0) is 52.7 Å². The maximum absolute atomic E-state index is 12.1. The van der Waals surface area contributed by atoms with Crippen LogP contribution in [-0.4, -0.2) is 20.9 Å². The molecule has 0 unspecified atom stereocenters. The molecule has 0 fully saturated rings. The standard InChI is InChI=1S/C15H13BrN4O/c1-10-6-7-12(11(16)8-10)17-15(21)9-20-14-5-3-2-4-13(14)18-19-20/h2-8H,9H2,1H3,(H,17,21). The number of benzene rings is 2. The average Bonchev–Trinajstić information content (AvgIpc) is 2.85. The zero-order valence-corrected chi connectivity index (χ0v) is 13.0. The van der Waals surface area contributed by atoms with Gasteiger partial charge in [-0.1, -0.05) is 23.4 Å². The average molecular weight is 345 g/mol. The number of para-hydroxylation sites is 1. The minimum absolute atomic E-state index is 0.126. The van der Waals surface area contributed by atoms with Crippen molar-refractivity contribution >= 4 is 38.6 Å². The van der Waals surface area contributed by atoms with Crippen LogP contribution in [0.2, 0.25) is 0 Å². The molecular weight excluding hydrogens is 332 g/mol. The largest absolute Gasteiger partial charge is 0.323 e. The van der Waals surface area contributed by atoms with E-state index in [2.05, 4.69) is 31.6 Å². The van der Waals surface area contributed by atoms with E-state index < -0.39 is 0 Å². The number of fused-ring (bicyclic) bond motifs is 1. The van der Waals surface area contributed by atoms with Gasteiger partial charge in [-0.15, -0.1) is 5.10 Å². The molecular formula is C15H13BrN4O. The molecule has 1 amide bonds. The third-order valence-electron chi connectivity index (χ3n) is 3.11. The van der Waals surface area contributed by atoms with E-state index in [1.165, 1.54) is 0 Å². The summed E-state index contributed by atoms with van der Waals surface area (Å²) >= 11 is 3.44. The number of aromatic nitrogens is 3. The molecule has 0 saturated heterocycles. The van der Waals surface area contributed by atoms with Gasteiger partial charge >= 0.3 is 0 Å². The Morgan fingerprint density at radius 2 is 2.10 bits per heavy atom. The fraction of sp³-hybridized carbons (Fsp3) is 0.133. The highest BCUT2D eigenvalue weighted by Gasteiger charge is 2.10. The summed E-state index contributed by atoms with van der Waals surface area (Å²) in [5.41, 5.74) is 3.50. The van der Waals surface area contributed by atoms with Gasteiger partial charge < -0.3 is 5.32 Å². The fourth-order valence-corrected chi connectivity index (χ4v) is 2.67. The summed E-state index contributed by atoms with van der Waals surface area (Å²) in [7, 11) is 0. The highest BCUT2D eigenvalue weighted by Crippen LogP contribution is 2.23. The van der Waals surface area contributed by atoms with Crippen LogP contribution in [0, 0.1) is 6.92 Å². The summed E-state index contributed by atoms with van der Waals surface area (Å²) in [4.78, 5) is 12.1. The van der Waals surface area contributed by atoms with Crippen molar-refractivity contribution in [2.24, 2.45) is 0 Å². The first-order chi connectivity index (χ1) is 10.1. The van der Waals surface area contributed by atoms with E-state index in [-0.39, 0.29) is 12.5 Å². The lowest BCUT2D eigenvalue weighted by atomic mass is 10.2. The third-order valence-corrected chi connectivity index (χ3v) is 3.77. The lowest BCUT2D eigenvalue weighted by molar-refractivity contribution is -0.116.